The predicted molar refractivity (Wildman–Crippen MR) is 138 cm³/mol. The number of aryl methyl sites for hydroxylation is 2. The zero-order valence-electron chi connectivity index (χ0n) is 20.8. The molecule has 4 aromatic rings. The number of carbonyl (C=O) groups excluding carboxylic acids is 1. The summed E-state index contributed by atoms with van der Waals surface area (Å²) < 4.78 is 11.2. The first kappa shape index (κ1) is 23.4. The molecule has 0 fully saturated rings. The van der Waals surface area contributed by atoms with Gasteiger partial charge in [-0.1, -0.05) is 65.8 Å². The smallest absolute Gasteiger partial charge is 0.322 e. The maximum atomic E-state index is 13.4. The van der Waals surface area contributed by atoms with Gasteiger partial charge in [-0.2, -0.15) is 4.98 Å². The summed E-state index contributed by atoms with van der Waals surface area (Å²) >= 11 is 0. The number of aromatic nitrogens is 2. The summed E-state index contributed by atoms with van der Waals surface area (Å²) in [6.07, 6.45) is 0. The maximum Gasteiger partial charge on any atom is 0.322 e. The Bertz CT molecular complexity index is 1440. The molecule has 0 saturated carbocycles. The van der Waals surface area contributed by atoms with E-state index in [1.807, 2.05) is 67.6 Å². The molecular formula is C29H28N4O3. The zero-order valence-corrected chi connectivity index (χ0v) is 20.8. The number of urea groups is 1. The molecule has 3 aromatic carbocycles. The summed E-state index contributed by atoms with van der Waals surface area (Å²) in [5.74, 6) is 1.62. The SMILES string of the molecule is COc1cccc(CN2C(=O)NC(c3ccc(C)c(C)c3)C(c3nc(-c4ccccc4)no3)=C2C)c1. The molecule has 1 aromatic heterocycles. The van der Waals surface area contributed by atoms with Crippen molar-refractivity contribution < 1.29 is 14.1 Å². The number of amides is 2. The summed E-state index contributed by atoms with van der Waals surface area (Å²) in [5.41, 5.74) is 6.63. The Morgan fingerprint density at radius 2 is 1.78 bits per heavy atom. The zero-order chi connectivity index (χ0) is 25.2. The van der Waals surface area contributed by atoms with Gasteiger partial charge in [0.2, 0.25) is 5.82 Å². The highest BCUT2D eigenvalue weighted by Crippen LogP contribution is 2.38. The lowest BCUT2D eigenvalue weighted by Gasteiger charge is -2.35. The monoisotopic (exact) mass is 480 g/mol. The van der Waals surface area contributed by atoms with Crippen LogP contribution in [0.2, 0.25) is 0 Å². The van der Waals surface area contributed by atoms with Crippen LogP contribution in [0.3, 0.4) is 0 Å². The van der Waals surface area contributed by atoms with Crippen molar-refractivity contribution in [3.63, 3.8) is 0 Å². The molecule has 7 heteroatoms. The summed E-state index contributed by atoms with van der Waals surface area (Å²) in [6, 6.07) is 23.0. The minimum atomic E-state index is -0.428. The average Bonchev–Trinajstić information content (AvgIpc) is 3.38. The van der Waals surface area contributed by atoms with E-state index in [9.17, 15) is 4.79 Å². The Hall–Kier alpha value is -4.39. The van der Waals surface area contributed by atoms with Crippen LogP contribution in [0, 0.1) is 13.8 Å². The molecule has 1 unspecified atom stereocenters. The molecule has 1 atom stereocenters. The number of methoxy groups -OCH3 is 1. The second-order valence-electron chi connectivity index (χ2n) is 8.95. The van der Waals surface area contributed by atoms with Crippen LogP contribution in [0.4, 0.5) is 4.79 Å². The maximum absolute atomic E-state index is 13.4. The third-order valence-corrected chi connectivity index (χ3v) is 6.62. The van der Waals surface area contributed by atoms with Crippen molar-refractivity contribution in [3.8, 4) is 17.1 Å². The Balaban J connectivity index is 1.60. The van der Waals surface area contributed by atoms with Gasteiger partial charge < -0.3 is 14.6 Å². The lowest BCUT2D eigenvalue weighted by molar-refractivity contribution is 0.203. The Morgan fingerprint density at radius 3 is 2.53 bits per heavy atom. The van der Waals surface area contributed by atoms with Gasteiger partial charge in [0.05, 0.1) is 25.3 Å². The largest absolute Gasteiger partial charge is 0.497 e. The minimum Gasteiger partial charge on any atom is -0.497 e. The Kier molecular flexibility index (Phi) is 6.29. The van der Waals surface area contributed by atoms with E-state index in [2.05, 4.69) is 36.5 Å². The van der Waals surface area contributed by atoms with Crippen LogP contribution in [0.5, 0.6) is 5.75 Å². The highest BCUT2D eigenvalue weighted by molar-refractivity contribution is 5.87. The lowest BCUT2D eigenvalue weighted by Crippen LogP contribution is -2.45. The standard InChI is InChI=1S/C29H28N4O3/c1-18-13-14-23(15-19(18)2)26-25(28-31-27(32-36-28)22-10-6-5-7-11-22)20(3)33(29(34)30-26)17-21-9-8-12-24(16-21)35-4/h5-16,26H,17H2,1-4H3,(H,30,34). The predicted octanol–water partition coefficient (Wildman–Crippen LogP) is 6.06. The Morgan fingerprint density at radius 1 is 0.972 bits per heavy atom. The first-order valence-corrected chi connectivity index (χ1v) is 11.8. The first-order valence-electron chi connectivity index (χ1n) is 11.8. The van der Waals surface area contributed by atoms with Gasteiger partial charge in [0.1, 0.15) is 5.75 Å². The van der Waals surface area contributed by atoms with Crippen molar-refractivity contribution in [2.75, 3.05) is 7.11 Å². The van der Waals surface area contributed by atoms with Crippen molar-refractivity contribution in [1.82, 2.24) is 20.4 Å². The number of hydrogen-bond acceptors (Lipinski definition) is 5. The van der Waals surface area contributed by atoms with Crippen molar-refractivity contribution >= 4 is 11.6 Å². The number of ether oxygens (including phenoxy) is 1. The number of benzene rings is 3. The lowest BCUT2D eigenvalue weighted by atomic mass is 9.92. The van der Waals surface area contributed by atoms with Gasteiger partial charge in [0.25, 0.3) is 5.89 Å². The van der Waals surface area contributed by atoms with Gasteiger partial charge in [-0.25, -0.2) is 4.79 Å². The van der Waals surface area contributed by atoms with Crippen molar-refractivity contribution in [2.24, 2.45) is 0 Å². The third kappa shape index (κ3) is 4.47. The van der Waals surface area contributed by atoms with E-state index in [-0.39, 0.29) is 6.03 Å². The van der Waals surface area contributed by atoms with E-state index in [0.29, 0.717) is 18.3 Å². The molecule has 1 aliphatic heterocycles. The molecule has 5 rings (SSSR count). The van der Waals surface area contributed by atoms with Crippen LogP contribution in [-0.2, 0) is 6.54 Å². The van der Waals surface area contributed by atoms with Crippen LogP contribution >= 0.6 is 0 Å². The molecule has 0 aliphatic carbocycles. The van der Waals surface area contributed by atoms with E-state index in [0.717, 1.165) is 39.3 Å². The molecule has 36 heavy (non-hydrogen) atoms. The molecular weight excluding hydrogens is 452 g/mol. The topological polar surface area (TPSA) is 80.5 Å². The van der Waals surface area contributed by atoms with Crippen molar-refractivity contribution in [2.45, 2.75) is 33.4 Å². The second kappa shape index (κ2) is 9.70. The molecule has 2 amide bonds. The van der Waals surface area contributed by atoms with E-state index in [1.54, 1.807) is 12.0 Å². The van der Waals surface area contributed by atoms with E-state index in [4.69, 9.17) is 14.2 Å². The van der Waals surface area contributed by atoms with Crippen LogP contribution in [-0.4, -0.2) is 28.2 Å². The normalized spacial score (nSPS) is 15.7. The van der Waals surface area contributed by atoms with Gasteiger partial charge in [0.15, 0.2) is 0 Å². The summed E-state index contributed by atoms with van der Waals surface area (Å²) in [7, 11) is 1.63. The summed E-state index contributed by atoms with van der Waals surface area (Å²) in [4.78, 5) is 19.8. The highest BCUT2D eigenvalue weighted by Gasteiger charge is 2.36. The first-order chi connectivity index (χ1) is 17.4. The van der Waals surface area contributed by atoms with E-state index in [1.165, 1.54) is 5.56 Å². The fourth-order valence-corrected chi connectivity index (χ4v) is 4.43. The van der Waals surface area contributed by atoms with E-state index >= 15 is 0 Å². The number of hydrogen-bond donors (Lipinski definition) is 1. The van der Waals surface area contributed by atoms with Gasteiger partial charge in [-0.05, 0) is 55.2 Å². The molecule has 1 aliphatic rings. The number of allylic oxidation sites excluding steroid dienone is 1. The van der Waals surface area contributed by atoms with Gasteiger partial charge in [-0.15, -0.1) is 0 Å². The van der Waals surface area contributed by atoms with Crippen LogP contribution in [0.1, 0.15) is 41.1 Å². The van der Waals surface area contributed by atoms with Crippen molar-refractivity contribution in [1.29, 1.82) is 0 Å². The third-order valence-electron chi connectivity index (χ3n) is 6.62. The molecule has 1 N–H and O–H groups in total. The van der Waals surface area contributed by atoms with Crippen LogP contribution in [0.25, 0.3) is 17.0 Å². The molecule has 0 radical (unpaired) electrons. The number of nitrogens with one attached hydrogen (secondary N) is 1. The van der Waals surface area contributed by atoms with E-state index < -0.39 is 6.04 Å². The minimum absolute atomic E-state index is 0.190. The quantitative estimate of drug-likeness (QED) is 0.363. The molecule has 2 heterocycles. The van der Waals surface area contributed by atoms with Crippen molar-refractivity contribution in [3.05, 3.63) is 107 Å². The highest BCUT2D eigenvalue weighted by atomic mass is 16.5. The fraction of sp³-hybridized carbons (Fsp3) is 0.207. The summed E-state index contributed by atoms with van der Waals surface area (Å²) in [5, 5.41) is 7.41. The van der Waals surface area contributed by atoms with Gasteiger partial charge in [0, 0.05) is 11.3 Å². The summed E-state index contributed by atoms with van der Waals surface area (Å²) in [6.45, 7) is 6.43. The number of nitrogens with zero attached hydrogens (tertiary/aromatic N) is 3. The molecule has 7 nitrogen and oxygen atoms in total. The Labute approximate surface area is 210 Å². The van der Waals surface area contributed by atoms with Crippen LogP contribution < -0.4 is 10.1 Å². The fourth-order valence-electron chi connectivity index (χ4n) is 4.43. The molecule has 0 saturated heterocycles. The van der Waals surface area contributed by atoms with Gasteiger partial charge in [-0.3, -0.25) is 4.90 Å². The molecule has 182 valence electrons. The number of carbonyl (C=O) groups is 1. The number of rotatable bonds is 6. The molecule has 0 bridgehead atoms. The van der Waals surface area contributed by atoms with Crippen LogP contribution in [0.15, 0.2) is 83.0 Å². The molecule has 0 spiro atoms. The second-order valence-corrected chi connectivity index (χ2v) is 8.95. The van der Waals surface area contributed by atoms with Gasteiger partial charge >= 0.3 is 6.03 Å². The average molecular weight is 481 g/mol.